The van der Waals surface area contributed by atoms with Crippen LogP contribution in [0.3, 0.4) is 0 Å². The molecule has 1 saturated heterocycles. The first-order valence-electron chi connectivity index (χ1n) is 5.76. The summed E-state index contributed by atoms with van der Waals surface area (Å²) in [5, 5.41) is 10.8. The van der Waals surface area contributed by atoms with Crippen molar-refractivity contribution in [1.82, 2.24) is 0 Å². The lowest BCUT2D eigenvalue weighted by Gasteiger charge is -2.38. The van der Waals surface area contributed by atoms with Crippen molar-refractivity contribution in [1.29, 1.82) is 0 Å². The summed E-state index contributed by atoms with van der Waals surface area (Å²) in [6, 6.07) is 4.72. The Labute approximate surface area is 105 Å². The Balaban J connectivity index is 2.35. The van der Waals surface area contributed by atoms with Gasteiger partial charge in [-0.05, 0) is 36.3 Å². The summed E-state index contributed by atoms with van der Waals surface area (Å²) in [6.07, 6.45) is 1.64. The monoisotopic (exact) mass is 256 g/mol. The van der Waals surface area contributed by atoms with Gasteiger partial charge in [0.05, 0.1) is 7.11 Å². The van der Waals surface area contributed by atoms with Gasteiger partial charge >= 0.3 is 0 Å². The summed E-state index contributed by atoms with van der Waals surface area (Å²) in [7, 11) is 1.44. The Morgan fingerprint density at radius 1 is 1.53 bits per heavy atom. The smallest absolute Gasteiger partial charge is 0.165 e. The first-order chi connectivity index (χ1) is 8.08. The number of methoxy groups -OCH3 is 1. The van der Waals surface area contributed by atoms with Gasteiger partial charge in [-0.15, -0.1) is 0 Å². The number of hydrogen-bond acceptors (Lipinski definition) is 3. The van der Waals surface area contributed by atoms with Crippen LogP contribution in [0.15, 0.2) is 18.2 Å². The van der Waals surface area contributed by atoms with Crippen LogP contribution < -0.4 is 4.74 Å². The highest BCUT2D eigenvalue weighted by molar-refractivity contribution is 8.00. The third kappa shape index (κ3) is 2.29. The summed E-state index contributed by atoms with van der Waals surface area (Å²) < 4.78 is 18.5. The van der Waals surface area contributed by atoms with E-state index in [4.69, 9.17) is 4.74 Å². The molecule has 2 rings (SSSR count). The molecule has 1 N–H and O–H groups in total. The van der Waals surface area contributed by atoms with Crippen LogP contribution in [0, 0.1) is 5.82 Å². The lowest BCUT2D eigenvalue weighted by atomic mass is 9.86. The average molecular weight is 256 g/mol. The van der Waals surface area contributed by atoms with Crippen molar-refractivity contribution in [3.8, 4) is 5.75 Å². The van der Waals surface area contributed by atoms with Gasteiger partial charge in [-0.3, -0.25) is 0 Å². The average Bonchev–Trinajstić information content (AvgIpc) is 2.33. The first-order valence-corrected chi connectivity index (χ1v) is 6.81. The van der Waals surface area contributed by atoms with Crippen LogP contribution >= 0.6 is 11.8 Å². The standard InChI is InChI=1S/C13H17FO2S/c1-9-13(15,6-3-7-17-9)10-4-5-12(16-2)11(14)8-10/h4-5,8-9,15H,3,6-7H2,1-2H3. The van der Waals surface area contributed by atoms with Crippen molar-refractivity contribution in [2.24, 2.45) is 0 Å². The Hall–Kier alpha value is -0.740. The van der Waals surface area contributed by atoms with Gasteiger partial charge in [0.1, 0.15) is 5.60 Å². The van der Waals surface area contributed by atoms with E-state index >= 15 is 0 Å². The molecule has 1 fully saturated rings. The van der Waals surface area contributed by atoms with Gasteiger partial charge in [0.25, 0.3) is 0 Å². The van der Waals surface area contributed by atoms with E-state index in [2.05, 4.69) is 0 Å². The minimum absolute atomic E-state index is 0.0871. The van der Waals surface area contributed by atoms with Gasteiger partial charge in [0.2, 0.25) is 0 Å². The van der Waals surface area contributed by atoms with Crippen molar-refractivity contribution >= 4 is 11.8 Å². The van der Waals surface area contributed by atoms with Crippen LogP contribution in [0.5, 0.6) is 5.75 Å². The number of aliphatic hydroxyl groups is 1. The second-order valence-electron chi connectivity index (χ2n) is 4.39. The highest BCUT2D eigenvalue weighted by Crippen LogP contribution is 2.42. The molecule has 1 aliphatic rings. The molecule has 0 bridgehead atoms. The molecule has 1 aliphatic heterocycles. The zero-order valence-electron chi connectivity index (χ0n) is 10.1. The van der Waals surface area contributed by atoms with Crippen LogP contribution in [0.2, 0.25) is 0 Å². The molecule has 1 heterocycles. The number of thioether (sulfide) groups is 1. The molecule has 0 saturated carbocycles. The third-order valence-electron chi connectivity index (χ3n) is 3.39. The Bertz CT molecular complexity index is 410. The highest BCUT2D eigenvalue weighted by Gasteiger charge is 2.38. The fraction of sp³-hybridized carbons (Fsp3) is 0.538. The van der Waals surface area contributed by atoms with E-state index in [1.54, 1.807) is 23.9 Å². The van der Waals surface area contributed by atoms with Crippen molar-refractivity contribution < 1.29 is 14.2 Å². The van der Waals surface area contributed by atoms with Gasteiger partial charge < -0.3 is 9.84 Å². The van der Waals surface area contributed by atoms with E-state index in [0.29, 0.717) is 12.0 Å². The van der Waals surface area contributed by atoms with E-state index in [1.165, 1.54) is 13.2 Å². The molecule has 0 aliphatic carbocycles. The lowest BCUT2D eigenvalue weighted by molar-refractivity contribution is 0.0251. The molecule has 2 unspecified atom stereocenters. The number of hydrogen-bond donors (Lipinski definition) is 1. The van der Waals surface area contributed by atoms with E-state index in [0.717, 1.165) is 12.2 Å². The molecule has 17 heavy (non-hydrogen) atoms. The molecule has 0 spiro atoms. The maximum Gasteiger partial charge on any atom is 0.165 e. The van der Waals surface area contributed by atoms with Gasteiger partial charge in [-0.2, -0.15) is 11.8 Å². The van der Waals surface area contributed by atoms with Crippen LogP contribution in [0.4, 0.5) is 4.39 Å². The molecule has 0 amide bonds. The van der Waals surface area contributed by atoms with Crippen molar-refractivity contribution in [2.75, 3.05) is 12.9 Å². The molecule has 0 aromatic heterocycles. The van der Waals surface area contributed by atoms with E-state index in [1.807, 2.05) is 6.92 Å². The fourth-order valence-corrected chi connectivity index (χ4v) is 3.45. The molecule has 1 aromatic rings. The summed E-state index contributed by atoms with van der Waals surface area (Å²) >= 11 is 1.73. The Morgan fingerprint density at radius 3 is 2.88 bits per heavy atom. The topological polar surface area (TPSA) is 29.5 Å². The molecule has 1 aromatic carbocycles. The van der Waals surface area contributed by atoms with Gasteiger partial charge in [0, 0.05) is 5.25 Å². The van der Waals surface area contributed by atoms with E-state index in [9.17, 15) is 9.50 Å². The normalized spacial score (nSPS) is 29.1. The molecule has 94 valence electrons. The number of benzene rings is 1. The molecule has 0 radical (unpaired) electrons. The highest BCUT2D eigenvalue weighted by atomic mass is 32.2. The minimum Gasteiger partial charge on any atom is -0.494 e. The first kappa shape index (κ1) is 12.7. The summed E-state index contributed by atoms with van der Waals surface area (Å²) in [4.78, 5) is 0. The Kier molecular flexibility index (Phi) is 3.64. The third-order valence-corrected chi connectivity index (χ3v) is 4.81. The summed E-state index contributed by atoms with van der Waals surface area (Å²) in [5.41, 5.74) is -0.272. The lowest BCUT2D eigenvalue weighted by Crippen LogP contribution is -2.38. The largest absolute Gasteiger partial charge is 0.494 e. The van der Waals surface area contributed by atoms with Crippen molar-refractivity contribution in [3.63, 3.8) is 0 Å². The molecule has 2 atom stereocenters. The molecular weight excluding hydrogens is 239 g/mol. The summed E-state index contributed by atoms with van der Waals surface area (Å²) in [6.45, 7) is 1.99. The van der Waals surface area contributed by atoms with Crippen LogP contribution in [-0.4, -0.2) is 23.2 Å². The minimum atomic E-state index is -0.921. The van der Waals surface area contributed by atoms with E-state index < -0.39 is 11.4 Å². The zero-order valence-corrected chi connectivity index (χ0v) is 10.9. The second-order valence-corrected chi connectivity index (χ2v) is 5.84. The van der Waals surface area contributed by atoms with Crippen LogP contribution in [0.1, 0.15) is 25.3 Å². The molecular formula is C13H17FO2S. The fourth-order valence-electron chi connectivity index (χ4n) is 2.26. The second kappa shape index (κ2) is 4.86. The molecule has 2 nitrogen and oxygen atoms in total. The Morgan fingerprint density at radius 2 is 2.29 bits per heavy atom. The summed E-state index contributed by atoms with van der Waals surface area (Å²) in [5.74, 6) is 0.858. The maximum absolute atomic E-state index is 13.7. The molecule has 4 heteroatoms. The van der Waals surface area contributed by atoms with Crippen molar-refractivity contribution in [2.45, 2.75) is 30.6 Å². The number of rotatable bonds is 2. The predicted octanol–water partition coefficient (Wildman–Crippen LogP) is 2.94. The zero-order chi connectivity index (χ0) is 12.5. The van der Waals surface area contributed by atoms with Gasteiger partial charge in [0.15, 0.2) is 11.6 Å². The number of halogens is 1. The van der Waals surface area contributed by atoms with Gasteiger partial charge in [-0.1, -0.05) is 13.0 Å². The van der Waals surface area contributed by atoms with Crippen molar-refractivity contribution in [3.05, 3.63) is 29.6 Å². The maximum atomic E-state index is 13.7. The van der Waals surface area contributed by atoms with Gasteiger partial charge in [-0.25, -0.2) is 4.39 Å². The SMILES string of the molecule is COc1ccc(C2(O)CCCSC2C)cc1F. The van der Waals surface area contributed by atoms with Crippen LogP contribution in [0.25, 0.3) is 0 Å². The van der Waals surface area contributed by atoms with Crippen LogP contribution in [-0.2, 0) is 5.60 Å². The quantitative estimate of drug-likeness (QED) is 0.882. The van der Waals surface area contributed by atoms with E-state index in [-0.39, 0.29) is 11.0 Å². The number of ether oxygens (including phenoxy) is 1. The predicted molar refractivity (Wildman–Crippen MR) is 68.0 cm³/mol.